The summed E-state index contributed by atoms with van der Waals surface area (Å²) >= 11 is 0. The highest BCUT2D eigenvalue weighted by Gasteiger charge is 2.25. The van der Waals surface area contributed by atoms with Crippen molar-refractivity contribution in [3.05, 3.63) is 18.1 Å². The minimum absolute atomic E-state index is 0.434. The molecule has 1 saturated heterocycles. The van der Waals surface area contributed by atoms with Crippen molar-refractivity contribution < 1.29 is 0 Å². The molecule has 0 amide bonds. The predicted molar refractivity (Wildman–Crippen MR) is 62.0 cm³/mol. The fourth-order valence-electron chi connectivity index (χ4n) is 2.34. The van der Waals surface area contributed by atoms with Crippen LogP contribution in [0.3, 0.4) is 0 Å². The molecule has 1 fully saturated rings. The van der Waals surface area contributed by atoms with E-state index in [0.29, 0.717) is 11.7 Å². The zero-order valence-electron chi connectivity index (χ0n) is 9.72. The number of nitrogens with zero attached hydrogens (tertiary/aromatic N) is 4. The minimum atomic E-state index is 0.434. The molecule has 4 heteroatoms. The second-order valence-corrected chi connectivity index (χ2v) is 4.51. The number of anilines is 1. The van der Waals surface area contributed by atoms with Gasteiger partial charge in [0.25, 0.3) is 0 Å². The lowest BCUT2D eigenvalue weighted by molar-refractivity contribution is 0.375. The van der Waals surface area contributed by atoms with Crippen molar-refractivity contribution >= 4 is 5.82 Å². The molecule has 0 radical (unpaired) electrons. The standard InChI is InChI=1S/C12H16N4/c1-9-3-6-16(10(2)7-9)12-11(8-13)14-4-5-15-12/h4-5,9-10H,3,6-7H2,1-2H3. The van der Waals surface area contributed by atoms with Crippen molar-refractivity contribution in [3.8, 4) is 6.07 Å². The number of rotatable bonds is 1. The topological polar surface area (TPSA) is 52.8 Å². The molecule has 0 spiro atoms. The molecule has 1 aliphatic rings. The van der Waals surface area contributed by atoms with Gasteiger partial charge in [-0.15, -0.1) is 0 Å². The van der Waals surface area contributed by atoms with Gasteiger partial charge in [-0.1, -0.05) is 6.92 Å². The van der Waals surface area contributed by atoms with E-state index in [1.807, 2.05) is 0 Å². The number of piperidine rings is 1. The highest BCUT2D eigenvalue weighted by atomic mass is 15.2. The van der Waals surface area contributed by atoms with Crippen molar-refractivity contribution in [1.82, 2.24) is 9.97 Å². The highest BCUT2D eigenvalue weighted by molar-refractivity contribution is 5.50. The molecular weight excluding hydrogens is 200 g/mol. The quantitative estimate of drug-likeness (QED) is 0.720. The molecule has 1 aromatic heterocycles. The summed E-state index contributed by atoms with van der Waals surface area (Å²) in [5, 5.41) is 9.01. The van der Waals surface area contributed by atoms with E-state index in [2.05, 4.69) is 34.8 Å². The van der Waals surface area contributed by atoms with Crippen LogP contribution in [-0.2, 0) is 0 Å². The fourth-order valence-corrected chi connectivity index (χ4v) is 2.34. The smallest absolute Gasteiger partial charge is 0.183 e. The van der Waals surface area contributed by atoms with Crippen LogP contribution < -0.4 is 4.90 Å². The second kappa shape index (κ2) is 4.48. The van der Waals surface area contributed by atoms with Crippen LogP contribution in [0, 0.1) is 17.2 Å². The zero-order chi connectivity index (χ0) is 11.5. The first kappa shape index (κ1) is 10.9. The molecule has 2 atom stereocenters. The van der Waals surface area contributed by atoms with E-state index in [1.54, 1.807) is 12.4 Å². The maximum absolute atomic E-state index is 9.01. The fraction of sp³-hybridized carbons (Fsp3) is 0.583. The molecule has 1 aliphatic heterocycles. The molecule has 2 heterocycles. The molecule has 0 aromatic carbocycles. The van der Waals surface area contributed by atoms with Gasteiger partial charge in [0.15, 0.2) is 11.5 Å². The van der Waals surface area contributed by atoms with Crippen LogP contribution in [0.25, 0.3) is 0 Å². The van der Waals surface area contributed by atoms with Gasteiger partial charge in [-0.2, -0.15) is 5.26 Å². The summed E-state index contributed by atoms with van der Waals surface area (Å²) in [5.74, 6) is 1.50. The molecule has 2 rings (SSSR count). The van der Waals surface area contributed by atoms with Crippen molar-refractivity contribution in [3.63, 3.8) is 0 Å². The van der Waals surface area contributed by atoms with E-state index in [4.69, 9.17) is 5.26 Å². The van der Waals surface area contributed by atoms with Crippen LogP contribution in [0.2, 0.25) is 0 Å². The van der Waals surface area contributed by atoms with Crippen molar-refractivity contribution in [2.75, 3.05) is 11.4 Å². The summed E-state index contributed by atoms with van der Waals surface area (Å²) in [6, 6.07) is 2.55. The van der Waals surface area contributed by atoms with E-state index in [-0.39, 0.29) is 0 Å². The molecule has 1 aromatic rings. The van der Waals surface area contributed by atoms with Crippen molar-refractivity contribution in [1.29, 1.82) is 5.26 Å². The lowest BCUT2D eigenvalue weighted by Crippen LogP contribution is -2.41. The molecule has 0 N–H and O–H groups in total. The minimum Gasteiger partial charge on any atom is -0.351 e. The number of aromatic nitrogens is 2. The highest BCUT2D eigenvalue weighted by Crippen LogP contribution is 2.27. The summed E-state index contributed by atoms with van der Waals surface area (Å²) in [7, 11) is 0. The van der Waals surface area contributed by atoms with Gasteiger partial charge in [-0.25, -0.2) is 9.97 Å². The molecular formula is C12H16N4. The van der Waals surface area contributed by atoms with Crippen LogP contribution >= 0.6 is 0 Å². The maximum Gasteiger partial charge on any atom is 0.183 e. The molecule has 0 saturated carbocycles. The van der Waals surface area contributed by atoms with Gasteiger partial charge in [0.2, 0.25) is 0 Å². The van der Waals surface area contributed by atoms with Crippen LogP contribution in [0.15, 0.2) is 12.4 Å². The summed E-state index contributed by atoms with van der Waals surface area (Å²) < 4.78 is 0. The van der Waals surface area contributed by atoms with Gasteiger partial charge in [0.1, 0.15) is 6.07 Å². The van der Waals surface area contributed by atoms with Gasteiger partial charge in [-0.05, 0) is 25.7 Å². The molecule has 4 nitrogen and oxygen atoms in total. The largest absolute Gasteiger partial charge is 0.351 e. The van der Waals surface area contributed by atoms with Crippen LogP contribution in [0.5, 0.6) is 0 Å². The van der Waals surface area contributed by atoms with Gasteiger partial charge in [0.05, 0.1) is 0 Å². The number of hydrogen-bond acceptors (Lipinski definition) is 4. The van der Waals surface area contributed by atoms with E-state index in [1.165, 1.54) is 0 Å². The van der Waals surface area contributed by atoms with Gasteiger partial charge in [-0.3, -0.25) is 0 Å². The van der Waals surface area contributed by atoms with Crippen LogP contribution in [0.4, 0.5) is 5.82 Å². The Hall–Kier alpha value is -1.63. The van der Waals surface area contributed by atoms with E-state index < -0.39 is 0 Å². The zero-order valence-corrected chi connectivity index (χ0v) is 9.72. The van der Waals surface area contributed by atoms with Crippen molar-refractivity contribution in [2.45, 2.75) is 32.7 Å². The van der Waals surface area contributed by atoms with E-state index in [9.17, 15) is 0 Å². The Morgan fingerprint density at radius 2 is 2.12 bits per heavy atom. The molecule has 2 unspecified atom stereocenters. The maximum atomic E-state index is 9.01. The Morgan fingerprint density at radius 3 is 2.81 bits per heavy atom. The van der Waals surface area contributed by atoms with E-state index in [0.717, 1.165) is 31.1 Å². The third-order valence-corrected chi connectivity index (χ3v) is 3.20. The predicted octanol–water partition coefficient (Wildman–Crippen LogP) is 1.97. The van der Waals surface area contributed by atoms with E-state index >= 15 is 0 Å². The molecule has 0 bridgehead atoms. The summed E-state index contributed by atoms with van der Waals surface area (Å²) in [4.78, 5) is 10.6. The lowest BCUT2D eigenvalue weighted by atomic mass is 9.93. The number of hydrogen-bond donors (Lipinski definition) is 0. The average Bonchev–Trinajstić information content (AvgIpc) is 2.29. The third-order valence-electron chi connectivity index (χ3n) is 3.20. The Bertz CT molecular complexity index is 410. The summed E-state index contributed by atoms with van der Waals surface area (Å²) in [6.07, 6.45) is 5.54. The monoisotopic (exact) mass is 216 g/mol. The first-order valence-electron chi connectivity index (χ1n) is 5.70. The summed E-state index contributed by atoms with van der Waals surface area (Å²) in [6.45, 7) is 5.43. The Kier molecular flexibility index (Phi) is 3.04. The Labute approximate surface area is 95.9 Å². The first-order chi connectivity index (χ1) is 7.72. The average molecular weight is 216 g/mol. The third kappa shape index (κ3) is 1.99. The van der Waals surface area contributed by atoms with Gasteiger partial charge >= 0.3 is 0 Å². The molecule has 0 aliphatic carbocycles. The van der Waals surface area contributed by atoms with Crippen LogP contribution in [0.1, 0.15) is 32.4 Å². The summed E-state index contributed by atoms with van der Waals surface area (Å²) in [5.41, 5.74) is 0.434. The van der Waals surface area contributed by atoms with Gasteiger partial charge < -0.3 is 4.90 Å². The lowest BCUT2D eigenvalue weighted by Gasteiger charge is -2.37. The Balaban J connectivity index is 2.27. The van der Waals surface area contributed by atoms with Crippen LogP contribution in [-0.4, -0.2) is 22.6 Å². The van der Waals surface area contributed by atoms with Crippen molar-refractivity contribution in [2.24, 2.45) is 5.92 Å². The van der Waals surface area contributed by atoms with Gasteiger partial charge in [0, 0.05) is 25.0 Å². The first-order valence-corrected chi connectivity index (χ1v) is 5.70. The molecule has 84 valence electrons. The molecule has 16 heavy (non-hydrogen) atoms. The second-order valence-electron chi connectivity index (χ2n) is 4.51. The SMILES string of the molecule is CC1CCN(c2nccnc2C#N)C(C)C1. The number of nitriles is 1. The Morgan fingerprint density at radius 1 is 1.38 bits per heavy atom. The normalized spacial score (nSPS) is 25.2.